The lowest BCUT2D eigenvalue weighted by Gasteiger charge is -2.26. The summed E-state index contributed by atoms with van der Waals surface area (Å²) in [4.78, 5) is 13.4. The van der Waals surface area contributed by atoms with Gasteiger partial charge in [-0.2, -0.15) is 5.10 Å². The third kappa shape index (κ3) is 5.42. The van der Waals surface area contributed by atoms with Crippen LogP contribution in [0.25, 0.3) is 17.3 Å². The number of benzene rings is 2. The van der Waals surface area contributed by atoms with Crippen LogP contribution >= 0.6 is 34.8 Å². The van der Waals surface area contributed by atoms with Gasteiger partial charge in [0.15, 0.2) is 5.69 Å². The molecular formula is C26H25Cl3N4O2. The second kappa shape index (κ2) is 10.7. The molecule has 1 saturated heterocycles. The minimum absolute atomic E-state index is 0.222. The highest BCUT2D eigenvalue weighted by atomic mass is 35.5. The van der Waals surface area contributed by atoms with E-state index in [-0.39, 0.29) is 5.91 Å². The molecule has 35 heavy (non-hydrogen) atoms. The number of rotatable bonds is 4. The van der Waals surface area contributed by atoms with Crippen molar-refractivity contribution in [1.82, 2.24) is 20.2 Å². The predicted octanol–water partition coefficient (Wildman–Crippen LogP) is 6.08. The normalized spacial score (nSPS) is 17.7. The number of halogens is 3. The Bertz CT molecular complexity index is 1260. The number of allylic oxidation sites excluding steroid dienone is 1. The van der Waals surface area contributed by atoms with Crippen molar-refractivity contribution in [2.24, 2.45) is 0 Å². The number of hydrogen-bond donors (Lipinski definition) is 1. The van der Waals surface area contributed by atoms with Gasteiger partial charge in [0.1, 0.15) is 0 Å². The molecule has 2 aliphatic rings. The second-order valence-corrected chi connectivity index (χ2v) is 9.93. The Morgan fingerprint density at radius 2 is 1.69 bits per heavy atom. The minimum atomic E-state index is -0.222. The van der Waals surface area contributed by atoms with Gasteiger partial charge in [0.25, 0.3) is 5.91 Å². The summed E-state index contributed by atoms with van der Waals surface area (Å²) in [6.45, 7) is 2.45. The molecule has 0 radical (unpaired) electrons. The molecule has 1 aliphatic heterocycles. The first-order valence-electron chi connectivity index (χ1n) is 11.7. The fourth-order valence-electron chi connectivity index (χ4n) is 4.53. The summed E-state index contributed by atoms with van der Waals surface area (Å²) < 4.78 is 7.20. The quantitative estimate of drug-likeness (QED) is 0.415. The number of fused-ring (bicyclic) bond motifs is 1. The molecule has 0 saturated carbocycles. The third-order valence-electron chi connectivity index (χ3n) is 6.25. The molecule has 0 spiro atoms. The van der Waals surface area contributed by atoms with Crippen LogP contribution in [0.5, 0.6) is 0 Å². The van der Waals surface area contributed by atoms with Gasteiger partial charge in [-0.3, -0.25) is 10.2 Å². The van der Waals surface area contributed by atoms with Gasteiger partial charge in [-0.15, -0.1) is 0 Å². The van der Waals surface area contributed by atoms with E-state index in [0.29, 0.717) is 52.8 Å². The maximum absolute atomic E-state index is 13.4. The third-order valence-corrected chi connectivity index (χ3v) is 7.03. The van der Waals surface area contributed by atoms with Crippen LogP contribution in [0, 0.1) is 0 Å². The fraction of sp³-hybridized carbons (Fsp3) is 0.308. The Morgan fingerprint density at radius 3 is 2.43 bits per heavy atom. The van der Waals surface area contributed by atoms with Gasteiger partial charge >= 0.3 is 0 Å². The molecular weight excluding hydrogens is 507 g/mol. The van der Waals surface area contributed by atoms with Crippen LogP contribution in [0.2, 0.25) is 15.1 Å². The summed E-state index contributed by atoms with van der Waals surface area (Å²) in [5.41, 5.74) is 8.09. The predicted molar refractivity (Wildman–Crippen MR) is 140 cm³/mol. The number of hydrogen-bond acceptors (Lipinski definition) is 4. The SMILES string of the molecule is O=C(NN1CCOCC1)c1nn(-c2ccc(Cl)cc2Cl)c2c1CCCC/C2=C\c1ccc(Cl)cc1. The van der Waals surface area contributed by atoms with Crippen LogP contribution in [0.15, 0.2) is 42.5 Å². The average Bonchev–Trinajstić information content (AvgIpc) is 3.10. The van der Waals surface area contributed by atoms with Crippen molar-refractivity contribution in [2.45, 2.75) is 25.7 Å². The van der Waals surface area contributed by atoms with Crippen molar-refractivity contribution in [3.05, 3.63) is 80.0 Å². The zero-order valence-corrected chi connectivity index (χ0v) is 21.3. The fourth-order valence-corrected chi connectivity index (χ4v) is 5.15. The highest BCUT2D eigenvalue weighted by molar-refractivity contribution is 6.35. The van der Waals surface area contributed by atoms with Crippen molar-refractivity contribution in [3.63, 3.8) is 0 Å². The Hall–Kier alpha value is -2.35. The molecule has 1 amide bonds. The van der Waals surface area contributed by atoms with Gasteiger partial charge in [-0.1, -0.05) is 46.9 Å². The molecule has 2 heterocycles. The summed E-state index contributed by atoms with van der Waals surface area (Å²) >= 11 is 18.9. The van der Waals surface area contributed by atoms with Gasteiger partial charge in [-0.05, 0) is 73.2 Å². The highest BCUT2D eigenvalue weighted by Crippen LogP contribution is 2.37. The van der Waals surface area contributed by atoms with Crippen molar-refractivity contribution in [3.8, 4) is 5.69 Å². The van der Waals surface area contributed by atoms with Gasteiger partial charge in [0.05, 0.1) is 29.6 Å². The van der Waals surface area contributed by atoms with Gasteiger partial charge < -0.3 is 4.74 Å². The molecule has 1 aromatic heterocycles. The number of aromatic nitrogens is 2. The zero-order valence-electron chi connectivity index (χ0n) is 19.1. The Labute approximate surface area is 219 Å². The number of nitrogens with zero attached hydrogens (tertiary/aromatic N) is 3. The number of carbonyl (C=O) groups excluding carboxylic acids is 1. The number of hydrazine groups is 1. The van der Waals surface area contributed by atoms with Gasteiger partial charge in [0, 0.05) is 28.7 Å². The number of nitrogens with one attached hydrogen (secondary N) is 1. The molecule has 9 heteroatoms. The standard InChI is InChI=1S/C26H25Cl3N4O2/c27-19-7-5-17(6-8-19)15-18-3-1-2-4-21-24(26(34)31-32-11-13-35-14-12-32)30-33(25(18)21)23-10-9-20(28)16-22(23)29/h5-10,15-16H,1-4,11-14H2,(H,31,34)/b18-15+. The van der Waals surface area contributed by atoms with E-state index < -0.39 is 0 Å². The summed E-state index contributed by atoms with van der Waals surface area (Å²) in [7, 11) is 0. The molecule has 1 aliphatic carbocycles. The lowest BCUT2D eigenvalue weighted by atomic mass is 10.0. The van der Waals surface area contributed by atoms with Crippen LogP contribution in [0.1, 0.15) is 46.6 Å². The molecule has 3 aromatic rings. The van der Waals surface area contributed by atoms with E-state index in [4.69, 9.17) is 44.6 Å². The number of carbonyl (C=O) groups is 1. The molecule has 182 valence electrons. The summed E-state index contributed by atoms with van der Waals surface area (Å²) in [6.07, 6.45) is 5.73. The van der Waals surface area contributed by atoms with Crippen LogP contribution in [0.3, 0.4) is 0 Å². The van der Waals surface area contributed by atoms with Crippen molar-refractivity contribution >= 4 is 52.4 Å². The molecule has 5 rings (SSSR count). The number of ether oxygens (including phenoxy) is 1. The van der Waals surface area contributed by atoms with Gasteiger partial charge in [-0.25, -0.2) is 9.69 Å². The topological polar surface area (TPSA) is 59.4 Å². The first kappa shape index (κ1) is 24.3. The maximum Gasteiger partial charge on any atom is 0.286 e. The minimum Gasteiger partial charge on any atom is -0.379 e. The first-order valence-corrected chi connectivity index (χ1v) is 12.8. The van der Waals surface area contributed by atoms with E-state index in [0.717, 1.165) is 48.1 Å². The van der Waals surface area contributed by atoms with Crippen LogP contribution in [-0.4, -0.2) is 47.0 Å². The van der Waals surface area contributed by atoms with Crippen molar-refractivity contribution in [2.75, 3.05) is 26.3 Å². The van der Waals surface area contributed by atoms with E-state index >= 15 is 0 Å². The maximum atomic E-state index is 13.4. The van der Waals surface area contributed by atoms with E-state index in [1.165, 1.54) is 0 Å². The van der Waals surface area contributed by atoms with Crippen LogP contribution in [-0.2, 0) is 11.2 Å². The van der Waals surface area contributed by atoms with Crippen molar-refractivity contribution in [1.29, 1.82) is 0 Å². The zero-order chi connectivity index (χ0) is 24.4. The smallest absolute Gasteiger partial charge is 0.286 e. The van der Waals surface area contributed by atoms with Crippen molar-refractivity contribution < 1.29 is 9.53 Å². The number of amides is 1. The van der Waals surface area contributed by atoms with Gasteiger partial charge in [0.2, 0.25) is 0 Å². The Balaban J connectivity index is 1.64. The monoisotopic (exact) mass is 530 g/mol. The molecule has 0 atom stereocenters. The summed E-state index contributed by atoms with van der Waals surface area (Å²) in [5, 5.41) is 8.41. The number of morpholine rings is 1. The summed E-state index contributed by atoms with van der Waals surface area (Å²) in [5.74, 6) is -0.222. The molecule has 0 unspecified atom stereocenters. The molecule has 6 nitrogen and oxygen atoms in total. The van der Waals surface area contributed by atoms with E-state index in [1.807, 2.05) is 35.3 Å². The van der Waals surface area contributed by atoms with E-state index in [9.17, 15) is 4.79 Å². The average molecular weight is 532 g/mol. The van der Waals surface area contributed by atoms with E-state index in [2.05, 4.69) is 11.5 Å². The Morgan fingerprint density at radius 1 is 0.971 bits per heavy atom. The Kier molecular flexibility index (Phi) is 7.46. The summed E-state index contributed by atoms with van der Waals surface area (Å²) in [6, 6.07) is 13.0. The molecule has 1 N–H and O–H groups in total. The highest BCUT2D eigenvalue weighted by Gasteiger charge is 2.29. The lowest BCUT2D eigenvalue weighted by Crippen LogP contribution is -2.48. The largest absolute Gasteiger partial charge is 0.379 e. The van der Waals surface area contributed by atoms with Crippen LogP contribution < -0.4 is 5.43 Å². The van der Waals surface area contributed by atoms with E-state index in [1.54, 1.807) is 16.8 Å². The first-order chi connectivity index (χ1) is 17.0. The van der Waals surface area contributed by atoms with Crippen LogP contribution in [0.4, 0.5) is 0 Å². The molecule has 1 fully saturated rings. The molecule has 2 aromatic carbocycles. The second-order valence-electron chi connectivity index (χ2n) is 8.65. The molecule has 0 bridgehead atoms. The lowest BCUT2D eigenvalue weighted by molar-refractivity contribution is 0.0124.